The van der Waals surface area contributed by atoms with Gasteiger partial charge in [-0.15, -0.1) is 0 Å². The molecular formula is C31H34ClN3O5. The van der Waals surface area contributed by atoms with E-state index in [0.29, 0.717) is 18.7 Å². The molecule has 1 unspecified atom stereocenters. The van der Waals surface area contributed by atoms with Crippen LogP contribution in [0.4, 0.5) is 0 Å². The Kier molecular flexibility index (Phi) is 12.4. The highest BCUT2D eigenvalue weighted by Gasteiger charge is 2.26. The standard InChI is InChI=1S/C27H30ClN3O.C4H4O4/c28-25-14-12-23(13-15-25)26(22-8-3-1-4-9-22)31-20-18-30(19-21-31)17-7-16-29-27(32)24-10-5-2-6-11-24;5-3(6)1-2-4(7)8/h1-6,8-15,26H,7,16-21H2,(H,29,32);1-2H,(H,5,6)(H,7,8)/b;2-1+. The predicted octanol–water partition coefficient (Wildman–Crippen LogP) is 4.58. The van der Waals surface area contributed by atoms with Crippen LogP contribution in [0.2, 0.25) is 5.02 Å². The van der Waals surface area contributed by atoms with E-state index in [1.807, 2.05) is 42.5 Å². The van der Waals surface area contributed by atoms with E-state index in [2.05, 4.69) is 57.6 Å². The summed E-state index contributed by atoms with van der Waals surface area (Å²) in [6.07, 6.45) is 2.07. The Balaban J connectivity index is 0.000000482. The van der Waals surface area contributed by atoms with Crippen molar-refractivity contribution in [3.63, 3.8) is 0 Å². The second kappa shape index (κ2) is 16.2. The van der Waals surface area contributed by atoms with Crippen LogP contribution in [0.3, 0.4) is 0 Å². The molecule has 3 aromatic carbocycles. The van der Waals surface area contributed by atoms with Crippen LogP contribution in [-0.2, 0) is 9.59 Å². The first-order valence-electron chi connectivity index (χ1n) is 13.1. The van der Waals surface area contributed by atoms with Crippen molar-refractivity contribution in [3.8, 4) is 0 Å². The van der Waals surface area contributed by atoms with Crippen molar-refractivity contribution in [2.45, 2.75) is 12.5 Å². The maximum Gasteiger partial charge on any atom is 0.328 e. The van der Waals surface area contributed by atoms with Gasteiger partial charge in [0.2, 0.25) is 0 Å². The molecule has 210 valence electrons. The molecule has 0 saturated carbocycles. The summed E-state index contributed by atoms with van der Waals surface area (Å²) >= 11 is 6.14. The second-order valence-electron chi connectivity index (χ2n) is 9.23. The molecule has 1 saturated heterocycles. The number of hydrogen-bond acceptors (Lipinski definition) is 5. The molecule has 4 rings (SSSR count). The Hall–Kier alpha value is -3.98. The monoisotopic (exact) mass is 563 g/mol. The van der Waals surface area contributed by atoms with E-state index in [1.165, 1.54) is 11.1 Å². The summed E-state index contributed by atoms with van der Waals surface area (Å²) in [5.41, 5.74) is 3.31. The van der Waals surface area contributed by atoms with E-state index < -0.39 is 11.9 Å². The summed E-state index contributed by atoms with van der Waals surface area (Å²) in [5.74, 6) is -2.51. The molecule has 3 aromatic rings. The topological polar surface area (TPSA) is 110 Å². The lowest BCUT2D eigenvalue weighted by Gasteiger charge is -2.40. The summed E-state index contributed by atoms with van der Waals surface area (Å²) in [6, 6.07) is 28.6. The summed E-state index contributed by atoms with van der Waals surface area (Å²) in [6.45, 7) is 5.79. The number of carbonyl (C=O) groups is 3. The largest absolute Gasteiger partial charge is 0.478 e. The molecule has 1 heterocycles. The zero-order valence-corrected chi connectivity index (χ0v) is 22.9. The van der Waals surface area contributed by atoms with Gasteiger partial charge in [-0.3, -0.25) is 9.69 Å². The number of benzene rings is 3. The predicted molar refractivity (Wildman–Crippen MR) is 156 cm³/mol. The number of piperazine rings is 1. The third-order valence-electron chi connectivity index (χ3n) is 6.41. The Labute approximate surface area is 239 Å². The van der Waals surface area contributed by atoms with Crippen molar-refractivity contribution in [2.75, 3.05) is 39.3 Å². The molecule has 0 aliphatic carbocycles. The number of carboxylic acids is 2. The van der Waals surface area contributed by atoms with Crippen LogP contribution in [0.5, 0.6) is 0 Å². The molecule has 1 atom stereocenters. The van der Waals surface area contributed by atoms with Crippen LogP contribution in [-0.4, -0.2) is 77.1 Å². The number of carboxylic acid groups (broad SMARTS) is 2. The van der Waals surface area contributed by atoms with Gasteiger partial charge in [-0.2, -0.15) is 0 Å². The summed E-state index contributed by atoms with van der Waals surface area (Å²) in [5, 5.41) is 19.4. The first-order valence-corrected chi connectivity index (χ1v) is 13.5. The molecule has 1 aliphatic heterocycles. The average Bonchev–Trinajstić information content (AvgIpc) is 2.97. The maximum absolute atomic E-state index is 12.2. The quantitative estimate of drug-likeness (QED) is 0.245. The van der Waals surface area contributed by atoms with Gasteiger partial charge >= 0.3 is 11.9 Å². The van der Waals surface area contributed by atoms with Crippen LogP contribution < -0.4 is 5.32 Å². The molecular weight excluding hydrogens is 530 g/mol. The number of aliphatic carboxylic acids is 2. The highest BCUT2D eigenvalue weighted by Crippen LogP contribution is 2.30. The van der Waals surface area contributed by atoms with Gasteiger partial charge in [0.25, 0.3) is 5.91 Å². The van der Waals surface area contributed by atoms with E-state index in [-0.39, 0.29) is 11.9 Å². The van der Waals surface area contributed by atoms with Crippen LogP contribution >= 0.6 is 11.6 Å². The van der Waals surface area contributed by atoms with Crippen molar-refractivity contribution in [2.24, 2.45) is 0 Å². The number of rotatable bonds is 10. The molecule has 9 heteroatoms. The number of hydrogen-bond donors (Lipinski definition) is 3. The number of nitrogens with zero attached hydrogens (tertiary/aromatic N) is 2. The fourth-order valence-electron chi connectivity index (χ4n) is 4.48. The highest BCUT2D eigenvalue weighted by atomic mass is 35.5. The minimum Gasteiger partial charge on any atom is -0.478 e. The molecule has 0 radical (unpaired) electrons. The average molecular weight is 564 g/mol. The lowest BCUT2D eigenvalue weighted by molar-refractivity contribution is -0.134. The van der Waals surface area contributed by atoms with Gasteiger partial charge in [0, 0.05) is 55.5 Å². The lowest BCUT2D eigenvalue weighted by atomic mass is 9.96. The number of amides is 1. The molecule has 3 N–H and O–H groups in total. The van der Waals surface area contributed by atoms with E-state index >= 15 is 0 Å². The maximum atomic E-state index is 12.2. The van der Waals surface area contributed by atoms with Gasteiger partial charge in [0.05, 0.1) is 6.04 Å². The van der Waals surface area contributed by atoms with Crippen LogP contribution in [0.15, 0.2) is 97.1 Å². The normalized spacial score (nSPS) is 14.6. The van der Waals surface area contributed by atoms with Gasteiger partial charge in [0.15, 0.2) is 0 Å². The molecule has 0 bridgehead atoms. The molecule has 0 spiro atoms. The van der Waals surface area contributed by atoms with Gasteiger partial charge in [0.1, 0.15) is 0 Å². The molecule has 1 amide bonds. The number of carbonyl (C=O) groups excluding carboxylic acids is 1. The Bertz CT molecular complexity index is 1230. The SMILES string of the molecule is O=C(NCCCN1CCN(C(c2ccccc2)c2ccc(Cl)cc2)CC1)c1ccccc1.O=C(O)/C=C/C(=O)O. The van der Waals surface area contributed by atoms with Crippen molar-refractivity contribution >= 4 is 29.4 Å². The molecule has 40 heavy (non-hydrogen) atoms. The summed E-state index contributed by atoms with van der Waals surface area (Å²) in [4.78, 5) is 36.3. The van der Waals surface area contributed by atoms with Crippen molar-refractivity contribution in [3.05, 3.63) is 119 Å². The van der Waals surface area contributed by atoms with Crippen LogP contribution in [0.25, 0.3) is 0 Å². The van der Waals surface area contributed by atoms with E-state index in [9.17, 15) is 14.4 Å². The van der Waals surface area contributed by atoms with E-state index in [4.69, 9.17) is 21.8 Å². The molecule has 1 aliphatic rings. The first kappa shape index (κ1) is 30.6. The third kappa shape index (κ3) is 10.3. The molecule has 8 nitrogen and oxygen atoms in total. The van der Waals surface area contributed by atoms with E-state index in [1.54, 1.807) is 0 Å². The Morgan fingerprint density at radius 1 is 0.775 bits per heavy atom. The van der Waals surface area contributed by atoms with E-state index in [0.717, 1.165) is 49.7 Å². The number of halogens is 1. The minimum absolute atomic E-state index is 0.00378. The fourth-order valence-corrected chi connectivity index (χ4v) is 4.60. The van der Waals surface area contributed by atoms with Crippen molar-refractivity contribution in [1.82, 2.24) is 15.1 Å². The van der Waals surface area contributed by atoms with Crippen molar-refractivity contribution in [1.29, 1.82) is 0 Å². The smallest absolute Gasteiger partial charge is 0.328 e. The first-order chi connectivity index (χ1) is 19.3. The third-order valence-corrected chi connectivity index (χ3v) is 6.67. The summed E-state index contributed by atoms with van der Waals surface area (Å²) < 4.78 is 0. The Morgan fingerprint density at radius 2 is 1.30 bits per heavy atom. The summed E-state index contributed by atoms with van der Waals surface area (Å²) in [7, 11) is 0. The van der Waals surface area contributed by atoms with Gasteiger partial charge in [-0.25, -0.2) is 9.59 Å². The minimum atomic E-state index is -1.26. The zero-order chi connectivity index (χ0) is 28.7. The zero-order valence-electron chi connectivity index (χ0n) is 22.2. The van der Waals surface area contributed by atoms with Crippen LogP contribution in [0, 0.1) is 0 Å². The van der Waals surface area contributed by atoms with Crippen LogP contribution in [0.1, 0.15) is 33.9 Å². The van der Waals surface area contributed by atoms with Gasteiger partial charge < -0.3 is 20.4 Å². The lowest BCUT2D eigenvalue weighted by Crippen LogP contribution is -2.48. The molecule has 1 fully saturated rings. The number of nitrogens with one attached hydrogen (secondary N) is 1. The van der Waals surface area contributed by atoms with Gasteiger partial charge in [-0.05, 0) is 48.4 Å². The van der Waals surface area contributed by atoms with Crippen molar-refractivity contribution < 1.29 is 24.6 Å². The Morgan fingerprint density at radius 3 is 1.85 bits per heavy atom. The second-order valence-corrected chi connectivity index (χ2v) is 9.66. The fraction of sp³-hybridized carbons (Fsp3) is 0.258. The highest BCUT2D eigenvalue weighted by molar-refractivity contribution is 6.30. The molecule has 0 aromatic heterocycles. The van der Waals surface area contributed by atoms with Gasteiger partial charge in [-0.1, -0.05) is 72.3 Å².